The van der Waals surface area contributed by atoms with Crippen LogP contribution in [0.3, 0.4) is 0 Å². The van der Waals surface area contributed by atoms with E-state index in [1.807, 2.05) is 6.92 Å². The van der Waals surface area contributed by atoms with Gasteiger partial charge in [-0.2, -0.15) is 0 Å². The van der Waals surface area contributed by atoms with E-state index in [-0.39, 0.29) is 12.4 Å². The van der Waals surface area contributed by atoms with Crippen molar-refractivity contribution in [1.29, 1.82) is 0 Å². The van der Waals surface area contributed by atoms with Crippen molar-refractivity contribution in [3.63, 3.8) is 0 Å². The topological polar surface area (TPSA) is 91.0 Å². The first-order valence-electron chi connectivity index (χ1n) is 4.45. The van der Waals surface area contributed by atoms with Crippen molar-refractivity contribution < 1.29 is 10.2 Å². The van der Waals surface area contributed by atoms with Crippen LogP contribution in [0.2, 0.25) is 0 Å². The van der Waals surface area contributed by atoms with E-state index in [0.717, 1.165) is 0 Å². The lowest BCUT2D eigenvalue weighted by Crippen LogP contribution is -2.21. The highest BCUT2D eigenvalue weighted by molar-refractivity contribution is 7.98. The number of hydrogen-bond donors (Lipinski definition) is 2. The Hall–Kier alpha value is -1.05. The molecule has 1 heterocycles. The molecule has 0 saturated heterocycles. The van der Waals surface area contributed by atoms with Crippen LogP contribution in [0.1, 0.15) is 19.8 Å². The maximum absolute atomic E-state index is 9.32. The summed E-state index contributed by atoms with van der Waals surface area (Å²) in [5, 5.41) is 20.4. The highest BCUT2D eigenvalue weighted by Crippen LogP contribution is 2.26. The maximum Gasteiger partial charge on any atom is 0.269 e. The molecule has 0 aromatic carbocycles. The molecular weight excluding hydrogens is 216 g/mol. The van der Waals surface area contributed by atoms with Crippen LogP contribution in [0.5, 0.6) is 0 Å². The zero-order valence-electron chi connectivity index (χ0n) is 8.24. The Morgan fingerprint density at radius 1 is 1.40 bits per heavy atom. The Morgan fingerprint density at radius 2 is 2.07 bits per heavy atom. The highest BCUT2D eigenvalue weighted by Gasteiger charge is 2.22. The standard InChI is InChI=1S/C8H12N4O2S/c1-2-4-8(13,14)15-12-11-7-9-5-3-6-10-7/h3,5-6,13-14H,2,4H2,1H3. The summed E-state index contributed by atoms with van der Waals surface area (Å²) < 4.78 is 3.55. The molecule has 0 atom stereocenters. The largest absolute Gasteiger partial charge is 0.356 e. The second kappa shape index (κ2) is 5.74. The average molecular weight is 228 g/mol. The Labute approximate surface area is 91.6 Å². The minimum atomic E-state index is -1.87. The summed E-state index contributed by atoms with van der Waals surface area (Å²) in [6.07, 6.45) is 3.94. The van der Waals surface area contributed by atoms with E-state index in [4.69, 9.17) is 0 Å². The van der Waals surface area contributed by atoms with E-state index in [2.05, 4.69) is 19.6 Å². The Bertz CT molecular complexity index is 318. The van der Waals surface area contributed by atoms with Crippen molar-refractivity contribution in [3.05, 3.63) is 18.5 Å². The first-order chi connectivity index (χ1) is 7.14. The zero-order chi connectivity index (χ0) is 11.1. The van der Waals surface area contributed by atoms with Gasteiger partial charge in [0, 0.05) is 18.8 Å². The number of aromatic nitrogens is 2. The summed E-state index contributed by atoms with van der Waals surface area (Å²) in [7, 11) is 0. The fourth-order valence-electron chi connectivity index (χ4n) is 0.836. The van der Waals surface area contributed by atoms with Crippen LogP contribution in [-0.2, 0) is 0 Å². The molecule has 6 nitrogen and oxygen atoms in total. The predicted octanol–water partition coefficient (Wildman–Crippen LogP) is 1.65. The highest BCUT2D eigenvalue weighted by atomic mass is 32.2. The summed E-state index contributed by atoms with van der Waals surface area (Å²) in [4.78, 5) is 7.59. The smallest absolute Gasteiger partial charge is 0.269 e. The van der Waals surface area contributed by atoms with Gasteiger partial charge >= 0.3 is 0 Å². The molecule has 7 heteroatoms. The molecule has 1 aromatic rings. The summed E-state index contributed by atoms with van der Waals surface area (Å²) in [6, 6.07) is 1.66. The van der Waals surface area contributed by atoms with Gasteiger partial charge < -0.3 is 10.2 Å². The first kappa shape index (κ1) is 12.0. The van der Waals surface area contributed by atoms with Crippen molar-refractivity contribution in [2.75, 3.05) is 0 Å². The Morgan fingerprint density at radius 3 is 2.67 bits per heavy atom. The van der Waals surface area contributed by atoms with Crippen molar-refractivity contribution in [3.8, 4) is 0 Å². The maximum atomic E-state index is 9.32. The molecule has 15 heavy (non-hydrogen) atoms. The third kappa shape index (κ3) is 4.82. The van der Waals surface area contributed by atoms with Crippen LogP contribution in [0, 0.1) is 0 Å². The molecule has 2 N–H and O–H groups in total. The van der Waals surface area contributed by atoms with Gasteiger partial charge in [0.05, 0.1) is 11.9 Å². The zero-order valence-corrected chi connectivity index (χ0v) is 9.05. The van der Waals surface area contributed by atoms with Crippen molar-refractivity contribution in [2.45, 2.75) is 24.9 Å². The monoisotopic (exact) mass is 228 g/mol. The first-order valence-corrected chi connectivity index (χ1v) is 5.22. The fraction of sp³-hybridized carbons (Fsp3) is 0.500. The quantitative estimate of drug-likeness (QED) is 0.454. The molecule has 0 fully saturated rings. The van der Waals surface area contributed by atoms with Crippen LogP contribution in [0.15, 0.2) is 28.1 Å². The third-order valence-corrected chi connectivity index (χ3v) is 2.10. The number of rotatable bonds is 5. The summed E-state index contributed by atoms with van der Waals surface area (Å²) >= 11 is 0.588. The van der Waals surface area contributed by atoms with E-state index in [0.29, 0.717) is 18.4 Å². The van der Waals surface area contributed by atoms with Crippen LogP contribution in [0.4, 0.5) is 5.95 Å². The molecule has 0 radical (unpaired) electrons. The number of aliphatic hydroxyl groups is 2. The molecule has 0 spiro atoms. The lowest BCUT2D eigenvalue weighted by atomic mass is 10.3. The molecule has 82 valence electrons. The molecule has 0 bridgehead atoms. The SMILES string of the molecule is CCCC(O)(O)SN=Nc1ncccn1. The molecule has 0 aliphatic carbocycles. The minimum absolute atomic E-state index is 0.192. The fourth-order valence-corrected chi connectivity index (χ4v) is 1.38. The number of nitrogens with zero attached hydrogens (tertiary/aromatic N) is 4. The number of hydrogen-bond acceptors (Lipinski definition) is 7. The van der Waals surface area contributed by atoms with Crippen LogP contribution < -0.4 is 0 Å². The van der Waals surface area contributed by atoms with Crippen molar-refractivity contribution in [1.82, 2.24) is 9.97 Å². The third-order valence-electron chi connectivity index (χ3n) is 1.45. The Balaban J connectivity index is 2.46. The van der Waals surface area contributed by atoms with Gasteiger partial charge in [0.25, 0.3) is 5.95 Å². The minimum Gasteiger partial charge on any atom is -0.356 e. The average Bonchev–Trinajstić information content (AvgIpc) is 2.19. The summed E-state index contributed by atoms with van der Waals surface area (Å²) in [5.74, 6) is 0.192. The molecule has 0 amide bonds. The van der Waals surface area contributed by atoms with Gasteiger partial charge in [0.15, 0.2) is 0 Å². The second-order valence-corrected chi connectivity index (χ2v) is 3.81. The molecule has 0 aliphatic rings. The van der Waals surface area contributed by atoms with E-state index >= 15 is 0 Å². The van der Waals surface area contributed by atoms with Gasteiger partial charge in [-0.1, -0.05) is 13.3 Å². The molecule has 1 rings (SSSR count). The molecule has 0 aliphatic heterocycles. The lowest BCUT2D eigenvalue weighted by Gasteiger charge is -2.15. The lowest BCUT2D eigenvalue weighted by molar-refractivity contribution is -0.0814. The van der Waals surface area contributed by atoms with Crippen molar-refractivity contribution in [2.24, 2.45) is 9.63 Å². The van der Waals surface area contributed by atoms with Crippen LogP contribution in [0.25, 0.3) is 0 Å². The molecular formula is C8H12N4O2S. The normalized spacial score (nSPS) is 12.2. The van der Waals surface area contributed by atoms with E-state index in [1.165, 1.54) is 12.4 Å². The van der Waals surface area contributed by atoms with Gasteiger partial charge in [0.2, 0.25) is 5.12 Å². The summed E-state index contributed by atoms with van der Waals surface area (Å²) in [5.41, 5.74) is 0. The van der Waals surface area contributed by atoms with Crippen LogP contribution in [-0.4, -0.2) is 25.3 Å². The predicted molar refractivity (Wildman–Crippen MR) is 56.2 cm³/mol. The van der Waals surface area contributed by atoms with E-state index in [9.17, 15) is 10.2 Å². The van der Waals surface area contributed by atoms with Gasteiger partial charge in [0.1, 0.15) is 0 Å². The van der Waals surface area contributed by atoms with E-state index < -0.39 is 5.12 Å². The summed E-state index contributed by atoms with van der Waals surface area (Å²) in [6.45, 7) is 1.85. The molecule has 1 aromatic heterocycles. The van der Waals surface area contributed by atoms with Crippen LogP contribution >= 0.6 is 11.9 Å². The van der Waals surface area contributed by atoms with E-state index in [1.54, 1.807) is 6.07 Å². The van der Waals surface area contributed by atoms with Gasteiger partial charge in [-0.25, -0.2) is 9.97 Å². The van der Waals surface area contributed by atoms with Gasteiger partial charge in [-0.05, 0) is 6.07 Å². The molecule has 0 saturated carbocycles. The van der Waals surface area contributed by atoms with Crippen molar-refractivity contribution >= 4 is 17.9 Å². The molecule has 0 unspecified atom stereocenters. The Kier molecular flexibility index (Phi) is 4.60. The second-order valence-electron chi connectivity index (χ2n) is 2.81. The van der Waals surface area contributed by atoms with Gasteiger partial charge in [-0.3, -0.25) is 0 Å². The van der Waals surface area contributed by atoms with Gasteiger partial charge in [-0.15, -0.1) is 9.63 Å².